The Morgan fingerprint density at radius 3 is 2.53 bits per heavy atom. The van der Waals surface area contributed by atoms with E-state index in [4.69, 9.17) is 0 Å². The Morgan fingerprint density at radius 2 is 1.93 bits per heavy atom. The van der Waals surface area contributed by atoms with Gasteiger partial charge in [0, 0.05) is 17.3 Å². The molecule has 80 valence electrons. The van der Waals surface area contributed by atoms with Gasteiger partial charge in [-0.15, -0.1) is 0 Å². The molecule has 1 rings (SSSR count). The summed E-state index contributed by atoms with van der Waals surface area (Å²) in [4.78, 5) is 0. The van der Waals surface area contributed by atoms with E-state index >= 15 is 0 Å². The highest BCUT2D eigenvalue weighted by atomic mass is 79.9. The van der Waals surface area contributed by atoms with Crippen molar-refractivity contribution in [2.24, 2.45) is 0 Å². The average Bonchev–Trinajstić information content (AvgIpc) is 2.27. The molecule has 0 amide bonds. The molecule has 0 unspecified atom stereocenters. The molecule has 15 heavy (non-hydrogen) atoms. The van der Waals surface area contributed by atoms with Gasteiger partial charge in [0.05, 0.1) is 0 Å². The Morgan fingerprint density at radius 1 is 1.20 bits per heavy atom. The van der Waals surface area contributed by atoms with Crippen LogP contribution < -0.4 is 0 Å². The molecule has 1 aromatic rings. The summed E-state index contributed by atoms with van der Waals surface area (Å²) in [7, 11) is 0. The van der Waals surface area contributed by atoms with Crippen LogP contribution in [-0.2, 0) is 6.42 Å². The van der Waals surface area contributed by atoms with Crippen LogP contribution in [0.3, 0.4) is 0 Å². The minimum absolute atomic E-state index is 0.974. The molecule has 0 aliphatic carbocycles. The van der Waals surface area contributed by atoms with E-state index in [1.165, 1.54) is 12.0 Å². The zero-order valence-electron chi connectivity index (χ0n) is 9.22. The number of aryl methyl sites for hydroxylation is 1. The predicted molar refractivity (Wildman–Crippen MR) is 70.3 cm³/mol. The van der Waals surface area contributed by atoms with Crippen LogP contribution in [0.2, 0.25) is 0 Å². The molecule has 0 fully saturated rings. The molecule has 0 heterocycles. The van der Waals surface area contributed by atoms with Gasteiger partial charge < -0.3 is 0 Å². The van der Waals surface area contributed by atoms with Crippen molar-refractivity contribution in [1.82, 2.24) is 0 Å². The van der Waals surface area contributed by atoms with Gasteiger partial charge in [-0.05, 0) is 30.5 Å². The summed E-state index contributed by atoms with van der Waals surface area (Å²) in [6.45, 7) is 2.20. The van der Waals surface area contributed by atoms with Crippen LogP contribution in [-0.4, -0.2) is 5.33 Å². The molecule has 0 aromatic heterocycles. The second kappa shape index (κ2) is 7.54. The first-order valence-corrected chi connectivity index (χ1v) is 6.62. The highest BCUT2D eigenvalue weighted by Crippen LogP contribution is 2.05. The summed E-state index contributed by atoms with van der Waals surface area (Å²) in [5.74, 6) is 6.35. The van der Waals surface area contributed by atoms with Crippen molar-refractivity contribution in [2.45, 2.75) is 32.6 Å². The van der Waals surface area contributed by atoms with Crippen molar-refractivity contribution < 1.29 is 0 Å². The Balaban J connectivity index is 2.51. The number of halogens is 1. The van der Waals surface area contributed by atoms with Gasteiger partial charge >= 0.3 is 0 Å². The van der Waals surface area contributed by atoms with E-state index in [0.29, 0.717) is 0 Å². The molecule has 1 aromatic carbocycles. The Hall–Kier alpha value is -0.740. The number of hydrogen-bond acceptors (Lipinski definition) is 0. The quantitative estimate of drug-likeness (QED) is 0.435. The lowest BCUT2D eigenvalue weighted by Crippen LogP contribution is -1.82. The molecule has 0 aliphatic rings. The van der Waals surface area contributed by atoms with Crippen LogP contribution in [0.4, 0.5) is 0 Å². The SMILES string of the molecule is CCCc1ccc(C#CCCCBr)cc1. The smallest absolute Gasteiger partial charge is 0.0245 e. The van der Waals surface area contributed by atoms with Gasteiger partial charge in [-0.3, -0.25) is 0 Å². The number of rotatable bonds is 4. The van der Waals surface area contributed by atoms with Crippen molar-refractivity contribution in [1.29, 1.82) is 0 Å². The van der Waals surface area contributed by atoms with E-state index in [-0.39, 0.29) is 0 Å². The van der Waals surface area contributed by atoms with Gasteiger partial charge in [-0.2, -0.15) is 0 Å². The fraction of sp³-hybridized carbons (Fsp3) is 0.429. The van der Waals surface area contributed by atoms with E-state index in [0.717, 1.165) is 30.2 Å². The molecule has 0 saturated carbocycles. The van der Waals surface area contributed by atoms with E-state index in [1.54, 1.807) is 0 Å². The van der Waals surface area contributed by atoms with Crippen molar-refractivity contribution in [3.05, 3.63) is 35.4 Å². The predicted octanol–water partition coefficient (Wildman–Crippen LogP) is 4.17. The van der Waals surface area contributed by atoms with Crippen LogP contribution >= 0.6 is 15.9 Å². The number of benzene rings is 1. The van der Waals surface area contributed by atoms with Crippen LogP contribution in [0.15, 0.2) is 24.3 Å². The normalized spacial score (nSPS) is 9.47. The third kappa shape index (κ3) is 5.04. The second-order valence-electron chi connectivity index (χ2n) is 3.54. The number of unbranched alkanes of at least 4 members (excludes halogenated alkanes) is 1. The van der Waals surface area contributed by atoms with Gasteiger partial charge in [0.1, 0.15) is 0 Å². The van der Waals surface area contributed by atoms with Crippen molar-refractivity contribution in [3.8, 4) is 11.8 Å². The minimum Gasteiger partial charge on any atom is -0.0979 e. The van der Waals surface area contributed by atoms with Crippen LogP contribution in [0.1, 0.15) is 37.3 Å². The van der Waals surface area contributed by atoms with Crippen LogP contribution in [0.5, 0.6) is 0 Å². The first-order valence-electron chi connectivity index (χ1n) is 5.50. The molecular weight excluding hydrogens is 248 g/mol. The Bertz CT molecular complexity index is 327. The third-order valence-electron chi connectivity index (χ3n) is 2.16. The summed E-state index contributed by atoms with van der Waals surface area (Å²) in [6.07, 6.45) is 4.47. The summed E-state index contributed by atoms with van der Waals surface area (Å²) in [5, 5.41) is 1.04. The largest absolute Gasteiger partial charge is 0.0979 e. The fourth-order valence-electron chi connectivity index (χ4n) is 1.36. The van der Waals surface area contributed by atoms with Crippen LogP contribution in [0.25, 0.3) is 0 Å². The molecule has 0 spiro atoms. The van der Waals surface area contributed by atoms with Crippen molar-refractivity contribution >= 4 is 15.9 Å². The van der Waals surface area contributed by atoms with Gasteiger partial charge in [0.15, 0.2) is 0 Å². The van der Waals surface area contributed by atoms with Crippen molar-refractivity contribution in [2.75, 3.05) is 5.33 Å². The highest BCUT2D eigenvalue weighted by Gasteiger charge is 1.90. The maximum absolute atomic E-state index is 3.39. The molecule has 0 nitrogen and oxygen atoms in total. The van der Waals surface area contributed by atoms with E-state index in [2.05, 4.69) is 59.0 Å². The number of hydrogen-bond donors (Lipinski definition) is 0. The first-order chi connectivity index (χ1) is 7.36. The molecular formula is C14H17Br. The highest BCUT2D eigenvalue weighted by molar-refractivity contribution is 9.09. The summed E-state index contributed by atoms with van der Waals surface area (Å²) >= 11 is 3.39. The Labute approximate surface area is 101 Å². The van der Waals surface area contributed by atoms with Gasteiger partial charge in [0.25, 0.3) is 0 Å². The second-order valence-corrected chi connectivity index (χ2v) is 4.33. The summed E-state index contributed by atoms with van der Waals surface area (Å²) in [5.41, 5.74) is 2.54. The fourth-order valence-corrected chi connectivity index (χ4v) is 1.64. The molecule has 0 aliphatic heterocycles. The van der Waals surface area contributed by atoms with Gasteiger partial charge in [0.2, 0.25) is 0 Å². The lowest BCUT2D eigenvalue weighted by molar-refractivity contribution is 0.922. The van der Waals surface area contributed by atoms with Crippen LogP contribution in [0, 0.1) is 11.8 Å². The monoisotopic (exact) mass is 264 g/mol. The maximum Gasteiger partial charge on any atom is 0.0245 e. The topological polar surface area (TPSA) is 0 Å². The molecule has 0 atom stereocenters. The Kier molecular flexibility index (Phi) is 6.20. The lowest BCUT2D eigenvalue weighted by Gasteiger charge is -1.97. The van der Waals surface area contributed by atoms with Gasteiger partial charge in [-0.1, -0.05) is 53.2 Å². The third-order valence-corrected chi connectivity index (χ3v) is 2.72. The minimum atomic E-state index is 0.974. The zero-order valence-corrected chi connectivity index (χ0v) is 10.8. The molecule has 0 bridgehead atoms. The zero-order chi connectivity index (χ0) is 10.9. The van der Waals surface area contributed by atoms with Gasteiger partial charge in [-0.25, -0.2) is 0 Å². The lowest BCUT2D eigenvalue weighted by atomic mass is 10.1. The molecule has 0 radical (unpaired) electrons. The van der Waals surface area contributed by atoms with E-state index in [9.17, 15) is 0 Å². The maximum atomic E-state index is 3.39. The average molecular weight is 265 g/mol. The molecule has 0 N–H and O–H groups in total. The van der Waals surface area contributed by atoms with Crippen molar-refractivity contribution in [3.63, 3.8) is 0 Å². The number of alkyl halides is 1. The summed E-state index contributed by atoms with van der Waals surface area (Å²) in [6, 6.07) is 8.59. The van der Waals surface area contributed by atoms with E-state index in [1.807, 2.05) is 0 Å². The molecule has 1 heteroatoms. The summed E-state index contributed by atoms with van der Waals surface area (Å²) < 4.78 is 0. The standard InChI is InChI=1S/C14H17Br/c1-2-6-13-8-10-14(11-9-13)7-4-3-5-12-15/h8-11H,2-3,5-6,12H2,1H3. The first kappa shape index (κ1) is 12.3. The molecule has 0 saturated heterocycles. The van der Waals surface area contributed by atoms with E-state index < -0.39 is 0 Å².